The van der Waals surface area contributed by atoms with E-state index in [0.717, 1.165) is 11.3 Å². The molecular formula is C18H18N2OS. The van der Waals surface area contributed by atoms with Crippen LogP contribution in [0.5, 0.6) is 0 Å². The van der Waals surface area contributed by atoms with Crippen LogP contribution in [0.15, 0.2) is 66.3 Å². The van der Waals surface area contributed by atoms with Crippen LogP contribution in [0, 0.1) is 6.92 Å². The Balaban J connectivity index is 1.77. The third-order valence-electron chi connectivity index (χ3n) is 3.66. The second-order valence-corrected chi connectivity index (χ2v) is 6.21. The lowest BCUT2D eigenvalue weighted by Gasteiger charge is -2.18. The van der Waals surface area contributed by atoms with Crippen molar-refractivity contribution in [3.05, 3.63) is 76.7 Å². The molecule has 0 bridgehead atoms. The van der Waals surface area contributed by atoms with Gasteiger partial charge < -0.3 is 9.88 Å². The number of rotatable bonds is 5. The average molecular weight is 310 g/mol. The number of carbonyl (C=O) groups is 1. The Labute approximate surface area is 134 Å². The molecule has 0 unspecified atom stereocenters. The zero-order chi connectivity index (χ0) is 15.4. The first-order valence-corrected chi connectivity index (χ1v) is 8.13. The fraction of sp³-hybridized carbons (Fsp3) is 0.167. The SMILES string of the molecule is Cc1ccccc1NC(=O)C[C@@H](c1cccs1)n1cccc1. The number of hydrogen-bond donors (Lipinski definition) is 1. The number of aryl methyl sites for hydroxylation is 1. The highest BCUT2D eigenvalue weighted by Crippen LogP contribution is 2.27. The minimum atomic E-state index is 0.0291. The van der Waals surface area contributed by atoms with Gasteiger partial charge in [0.1, 0.15) is 0 Å². The summed E-state index contributed by atoms with van der Waals surface area (Å²) in [4.78, 5) is 13.6. The van der Waals surface area contributed by atoms with Crippen molar-refractivity contribution in [2.75, 3.05) is 5.32 Å². The monoisotopic (exact) mass is 310 g/mol. The lowest BCUT2D eigenvalue weighted by atomic mass is 10.1. The Kier molecular flexibility index (Phi) is 4.39. The number of hydrogen-bond acceptors (Lipinski definition) is 2. The minimum absolute atomic E-state index is 0.0291. The summed E-state index contributed by atoms with van der Waals surface area (Å²) in [5.74, 6) is 0.0291. The molecular weight excluding hydrogens is 292 g/mol. The van der Waals surface area contributed by atoms with Crippen LogP contribution in [0.4, 0.5) is 5.69 Å². The lowest BCUT2D eigenvalue weighted by molar-refractivity contribution is -0.116. The van der Waals surface area contributed by atoms with Gasteiger partial charge in [0.05, 0.1) is 12.5 Å². The van der Waals surface area contributed by atoms with Crippen LogP contribution in [0.2, 0.25) is 0 Å². The fourth-order valence-electron chi connectivity index (χ4n) is 2.48. The number of thiophene rings is 1. The van der Waals surface area contributed by atoms with Gasteiger partial charge in [-0.15, -0.1) is 11.3 Å². The third-order valence-corrected chi connectivity index (χ3v) is 4.63. The summed E-state index contributed by atoms with van der Waals surface area (Å²) >= 11 is 1.68. The molecule has 2 aromatic heterocycles. The van der Waals surface area contributed by atoms with E-state index in [9.17, 15) is 4.79 Å². The Hall–Kier alpha value is -2.33. The molecule has 0 saturated carbocycles. The van der Waals surface area contributed by atoms with E-state index in [0.29, 0.717) is 6.42 Å². The van der Waals surface area contributed by atoms with Gasteiger partial charge in [0, 0.05) is 23.0 Å². The highest BCUT2D eigenvalue weighted by Gasteiger charge is 2.18. The zero-order valence-corrected chi connectivity index (χ0v) is 13.2. The Morgan fingerprint density at radius 1 is 1.14 bits per heavy atom. The molecule has 1 N–H and O–H groups in total. The Morgan fingerprint density at radius 3 is 2.59 bits per heavy atom. The van der Waals surface area contributed by atoms with Crippen LogP contribution in [0.25, 0.3) is 0 Å². The van der Waals surface area contributed by atoms with E-state index in [1.165, 1.54) is 4.88 Å². The summed E-state index contributed by atoms with van der Waals surface area (Å²) in [5, 5.41) is 5.06. The largest absolute Gasteiger partial charge is 0.346 e. The van der Waals surface area contributed by atoms with Crippen molar-refractivity contribution >= 4 is 22.9 Å². The maximum absolute atomic E-state index is 12.4. The van der Waals surface area contributed by atoms with Crippen LogP contribution in [0.1, 0.15) is 22.9 Å². The lowest BCUT2D eigenvalue weighted by Crippen LogP contribution is -2.19. The van der Waals surface area contributed by atoms with Crippen molar-refractivity contribution in [1.82, 2.24) is 4.57 Å². The number of para-hydroxylation sites is 1. The topological polar surface area (TPSA) is 34.0 Å². The van der Waals surface area contributed by atoms with E-state index in [-0.39, 0.29) is 11.9 Å². The van der Waals surface area contributed by atoms with Crippen LogP contribution in [-0.4, -0.2) is 10.5 Å². The van der Waals surface area contributed by atoms with Crippen LogP contribution in [0.3, 0.4) is 0 Å². The van der Waals surface area contributed by atoms with E-state index >= 15 is 0 Å². The summed E-state index contributed by atoms with van der Waals surface area (Å²) in [7, 11) is 0. The molecule has 0 aliphatic carbocycles. The van der Waals surface area contributed by atoms with Crippen LogP contribution < -0.4 is 5.32 Å². The van der Waals surface area contributed by atoms with Crippen molar-refractivity contribution < 1.29 is 4.79 Å². The molecule has 3 aromatic rings. The van der Waals surface area contributed by atoms with Crippen LogP contribution >= 0.6 is 11.3 Å². The molecule has 3 rings (SSSR count). The highest BCUT2D eigenvalue weighted by atomic mass is 32.1. The molecule has 1 aromatic carbocycles. The predicted molar refractivity (Wildman–Crippen MR) is 91.3 cm³/mol. The number of benzene rings is 1. The van der Waals surface area contributed by atoms with Gasteiger partial charge in [-0.3, -0.25) is 4.79 Å². The normalized spacial score (nSPS) is 12.0. The molecule has 1 atom stereocenters. The van der Waals surface area contributed by atoms with Gasteiger partial charge in [-0.1, -0.05) is 24.3 Å². The first-order valence-electron chi connectivity index (χ1n) is 7.25. The second kappa shape index (κ2) is 6.62. The number of anilines is 1. The second-order valence-electron chi connectivity index (χ2n) is 5.23. The number of amides is 1. The molecule has 0 saturated heterocycles. The number of carbonyl (C=O) groups excluding carboxylic acids is 1. The first-order chi connectivity index (χ1) is 10.7. The summed E-state index contributed by atoms with van der Waals surface area (Å²) in [6.45, 7) is 2.00. The molecule has 0 aliphatic heterocycles. The van der Waals surface area contributed by atoms with E-state index in [4.69, 9.17) is 0 Å². The van der Waals surface area contributed by atoms with Gasteiger partial charge >= 0.3 is 0 Å². The smallest absolute Gasteiger partial charge is 0.226 e. The van der Waals surface area contributed by atoms with Crippen molar-refractivity contribution in [3.8, 4) is 0 Å². The first kappa shape index (κ1) is 14.6. The Bertz CT molecular complexity index is 698. The fourth-order valence-corrected chi connectivity index (χ4v) is 3.31. The maximum Gasteiger partial charge on any atom is 0.226 e. The standard InChI is InChI=1S/C18H18N2OS/c1-14-7-2-3-8-15(14)19-18(21)13-16(17-9-6-12-22-17)20-10-4-5-11-20/h2-12,16H,13H2,1H3,(H,19,21)/t16-/m0/s1. The molecule has 112 valence electrons. The van der Waals surface area contributed by atoms with Crippen LogP contribution in [-0.2, 0) is 4.79 Å². The molecule has 1 amide bonds. The molecule has 4 heteroatoms. The predicted octanol–water partition coefficient (Wildman–Crippen LogP) is 4.48. The van der Waals surface area contributed by atoms with Gasteiger partial charge in [0.15, 0.2) is 0 Å². The van der Waals surface area contributed by atoms with Crippen molar-refractivity contribution in [3.63, 3.8) is 0 Å². The van der Waals surface area contributed by atoms with Gasteiger partial charge in [0.2, 0.25) is 5.91 Å². The quantitative estimate of drug-likeness (QED) is 0.741. The van der Waals surface area contributed by atoms with Crippen molar-refractivity contribution in [2.45, 2.75) is 19.4 Å². The molecule has 2 heterocycles. The summed E-state index contributed by atoms with van der Waals surface area (Å²) < 4.78 is 2.09. The van der Waals surface area contributed by atoms with E-state index < -0.39 is 0 Å². The van der Waals surface area contributed by atoms with Gasteiger partial charge in [-0.2, -0.15) is 0 Å². The summed E-state index contributed by atoms with van der Waals surface area (Å²) in [6.07, 6.45) is 4.43. The van der Waals surface area contributed by atoms with Gasteiger partial charge in [-0.25, -0.2) is 0 Å². The highest BCUT2D eigenvalue weighted by molar-refractivity contribution is 7.10. The summed E-state index contributed by atoms with van der Waals surface area (Å²) in [6, 6.07) is 16.0. The molecule has 0 radical (unpaired) electrons. The van der Waals surface area contributed by atoms with Gasteiger partial charge in [0.25, 0.3) is 0 Å². The third kappa shape index (κ3) is 3.28. The average Bonchev–Trinajstić information content (AvgIpc) is 3.21. The van der Waals surface area contributed by atoms with E-state index in [1.807, 2.05) is 67.2 Å². The minimum Gasteiger partial charge on any atom is -0.346 e. The molecule has 0 spiro atoms. The van der Waals surface area contributed by atoms with Gasteiger partial charge in [-0.05, 0) is 42.1 Å². The van der Waals surface area contributed by atoms with E-state index in [2.05, 4.69) is 16.0 Å². The summed E-state index contributed by atoms with van der Waals surface area (Å²) in [5.41, 5.74) is 1.95. The molecule has 3 nitrogen and oxygen atoms in total. The zero-order valence-electron chi connectivity index (χ0n) is 12.4. The Morgan fingerprint density at radius 2 is 1.91 bits per heavy atom. The van der Waals surface area contributed by atoms with Crippen molar-refractivity contribution in [1.29, 1.82) is 0 Å². The maximum atomic E-state index is 12.4. The molecule has 0 fully saturated rings. The number of aromatic nitrogens is 1. The van der Waals surface area contributed by atoms with Crippen molar-refractivity contribution in [2.24, 2.45) is 0 Å². The number of nitrogens with one attached hydrogen (secondary N) is 1. The van der Waals surface area contributed by atoms with E-state index in [1.54, 1.807) is 11.3 Å². The molecule has 0 aliphatic rings. The number of nitrogens with zero attached hydrogens (tertiary/aromatic N) is 1. The molecule has 22 heavy (non-hydrogen) atoms.